The fourth-order valence-corrected chi connectivity index (χ4v) is 4.11. The van der Waals surface area contributed by atoms with Crippen LogP contribution in [0.5, 0.6) is 0 Å². The number of hydrogen-bond donors (Lipinski definition) is 4. The number of anilines is 1. The van der Waals surface area contributed by atoms with Gasteiger partial charge in [-0.25, -0.2) is 4.79 Å². The molecule has 8 heteroatoms. The molecule has 0 unspecified atom stereocenters. The van der Waals surface area contributed by atoms with Gasteiger partial charge in [0.05, 0.1) is 18.2 Å². The van der Waals surface area contributed by atoms with E-state index < -0.39 is 5.54 Å². The highest BCUT2D eigenvalue weighted by Gasteiger charge is 2.45. The minimum atomic E-state index is -0.809. The minimum absolute atomic E-state index is 0.105. The molecule has 4 N–H and O–H groups in total. The van der Waals surface area contributed by atoms with Crippen LogP contribution < -0.4 is 16.0 Å². The lowest BCUT2D eigenvalue weighted by Crippen LogP contribution is -2.44. The molecule has 3 amide bonds. The van der Waals surface area contributed by atoms with Crippen LogP contribution in [0.15, 0.2) is 78.9 Å². The van der Waals surface area contributed by atoms with Gasteiger partial charge in [0.15, 0.2) is 5.96 Å². The number of carbonyl (C=O) groups excluding carboxylic acids is 2. The Morgan fingerprint density at radius 1 is 1.03 bits per heavy atom. The van der Waals surface area contributed by atoms with Gasteiger partial charge in [0.2, 0.25) is 0 Å². The zero-order chi connectivity index (χ0) is 25.5. The van der Waals surface area contributed by atoms with Gasteiger partial charge in [0.25, 0.3) is 5.91 Å². The van der Waals surface area contributed by atoms with Crippen LogP contribution in [0, 0.1) is 16.7 Å². The number of hydrogen-bond acceptors (Lipinski definition) is 4. The number of carbonyl (C=O) groups is 2. The molecule has 0 aromatic heterocycles. The molecular formula is C28H28N6O2. The van der Waals surface area contributed by atoms with Crippen LogP contribution in [0.1, 0.15) is 35.6 Å². The molecule has 0 aliphatic carbocycles. The maximum absolute atomic E-state index is 13.1. The van der Waals surface area contributed by atoms with Crippen LogP contribution in [-0.2, 0) is 24.3 Å². The average molecular weight is 481 g/mol. The average Bonchev–Trinajstić information content (AvgIpc) is 3.11. The normalized spacial score (nSPS) is 16.8. The van der Waals surface area contributed by atoms with E-state index in [1.54, 1.807) is 24.3 Å². The number of aryl methyl sites for hydroxylation is 1. The molecule has 1 heterocycles. The minimum Gasteiger partial charge on any atom is -0.342 e. The van der Waals surface area contributed by atoms with Crippen LogP contribution in [0.25, 0.3) is 0 Å². The Morgan fingerprint density at radius 2 is 1.75 bits per heavy atom. The Labute approximate surface area is 210 Å². The smallest absolute Gasteiger partial charge is 0.319 e. The summed E-state index contributed by atoms with van der Waals surface area (Å²) in [6.45, 7) is 2.47. The number of nitrogens with one attached hydrogen (secondary N) is 4. The topological polar surface area (TPSA) is 121 Å². The van der Waals surface area contributed by atoms with Crippen molar-refractivity contribution in [1.82, 2.24) is 15.5 Å². The summed E-state index contributed by atoms with van der Waals surface area (Å²) in [4.78, 5) is 26.8. The van der Waals surface area contributed by atoms with E-state index in [1.165, 1.54) is 4.90 Å². The Bertz CT molecular complexity index is 1300. The van der Waals surface area contributed by atoms with Gasteiger partial charge < -0.3 is 16.0 Å². The highest BCUT2D eigenvalue weighted by atomic mass is 16.2. The van der Waals surface area contributed by atoms with E-state index in [0.29, 0.717) is 30.8 Å². The van der Waals surface area contributed by atoms with Crippen molar-refractivity contribution in [3.8, 4) is 6.07 Å². The van der Waals surface area contributed by atoms with Crippen molar-refractivity contribution >= 4 is 23.6 Å². The number of benzene rings is 3. The number of nitrogens with zero attached hydrogens (tertiary/aromatic N) is 2. The molecule has 1 saturated heterocycles. The van der Waals surface area contributed by atoms with Gasteiger partial charge in [0.1, 0.15) is 5.54 Å². The third-order valence-electron chi connectivity index (χ3n) is 6.20. The fourth-order valence-electron chi connectivity index (χ4n) is 4.11. The van der Waals surface area contributed by atoms with E-state index in [9.17, 15) is 9.59 Å². The number of amides is 3. The summed E-state index contributed by atoms with van der Waals surface area (Å²) in [5.74, 6) is 0.00440. The van der Waals surface area contributed by atoms with E-state index >= 15 is 0 Å². The van der Waals surface area contributed by atoms with Crippen molar-refractivity contribution in [3.05, 3.63) is 101 Å². The second-order valence-corrected chi connectivity index (χ2v) is 9.00. The molecule has 0 spiro atoms. The molecule has 4 rings (SSSR count). The van der Waals surface area contributed by atoms with Crippen molar-refractivity contribution < 1.29 is 9.59 Å². The van der Waals surface area contributed by atoms with Crippen molar-refractivity contribution in [2.75, 3.05) is 5.32 Å². The van der Waals surface area contributed by atoms with Crippen LogP contribution in [0.4, 0.5) is 10.5 Å². The van der Waals surface area contributed by atoms with Gasteiger partial charge >= 0.3 is 6.03 Å². The zero-order valence-corrected chi connectivity index (χ0v) is 20.0. The molecule has 36 heavy (non-hydrogen) atoms. The lowest BCUT2D eigenvalue weighted by atomic mass is 9.93. The summed E-state index contributed by atoms with van der Waals surface area (Å²) in [5.41, 5.74) is 3.16. The van der Waals surface area contributed by atoms with Gasteiger partial charge in [-0.3, -0.25) is 15.1 Å². The second kappa shape index (κ2) is 10.7. The second-order valence-electron chi connectivity index (χ2n) is 9.00. The summed E-state index contributed by atoms with van der Waals surface area (Å²) in [5, 5.41) is 25.9. The lowest BCUT2D eigenvalue weighted by Gasteiger charge is -2.22. The fraction of sp³-hybridized carbons (Fsp3) is 0.214. The first kappa shape index (κ1) is 24.5. The molecule has 1 aliphatic rings. The predicted molar refractivity (Wildman–Crippen MR) is 138 cm³/mol. The third-order valence-corrected chi connectivity index (χ3v) is 6.20. The molecule has 1 aliphatic heterocycles. The molecule has 3 aromatic rings. The molecule has 3 aromatic carbocycles. The van der Waals surface area contributed by atoms with E-state index in [1.807, 2.05) is 67.6 Å². The maximum Gasteiger partial charge on any atom is 0.319 e. The first-order chi connectivity index (χ1) is 17.4. The quantitative estimate of drug-likeness (QED) is 0.387. The van der Waals surface area contributed by atoms with Crippen LogP contribution in [-0.4, -0.2) is 28.3 Å². The molecule has 0 radical (unpaired) electrons. The molecule has 1 atom stereocenters. The molecular weight excluding hydrogens is 452 g/mol. The molecule has 8 nitrogen and oxygen atoms in total. The van der Waals surface area contributed by atoms with Crippen molar-refractivity contribution in [2.45, 2.75) is 38.4 Å². The summed E-state index contributed by atoms with van der Waals surface area (Å²) >= 11 is 0. The summed E-state index contributed by atoms with van der Waals surface area (Å²) in [7, 11) is 0. The van der Waals surface area contributed by atoms with Gasteiger partial charge in [-0.05, 0) is 54.7 Å². The summed E-state index contributed by atoms with van der Waals surface area (Å²) in [6, 6.07) is 25.9. The molecule has 0 bridgehead atoms. The number of guanidine groups is 1. The highest BCUT2D eigenvalue weighted by molar-refractivity contribution is 6.07. The molecule has 182 valence electrons. The largest absolute Gasteiger partial charge is 0.342 e. The molecule has 1 fully saturated rings. The number of nitriles is 1. The lowest BCUT2D eigenvalue weighted by molar-refractivity contribution is -0.131. The molecule has 0 saturated carbocycles. The van der Waals surface area contributed by atoms with Crippen LogP contribution in [0.3, 0.4) is 0 Å². The summed E-state index contributed by atoms with van der Waals surface area (Å²) < 4.78 is 0. The standard InChI is InChI=1S/C28H28N6O2/c1-28(15-14-20-6-3-2-4-7-20)25(35)34(26(30)33-28)19-22-12-10-21(11-13-22)18-31-27(36)32-24-9-5-8-23(16-24)17-29/h2-13,16H,14-15,18-19H2,1H3,(H2,30,33)(H2,31,32,36)/t28-/m1/s1. The van der Waals surface area contributed by atoms with E-state index in [4.69, 9.17) is 10.7 Å². The Kier molecular flexibility index (Phi) is 7.31. The third kappa shape index (κ3) is 5.88. The zero-order valence-electron chi connectivity index (χ0n) is 20.0. The van der Waals surface area contributed by atoms with Crippen LogP contribution >= 0.6 is 0 Å². The number of urea groups is 1. The Balaban J connectivity index is 1.29. The summed E-state index contributed by atoms with van der Waals surface area (Å²) in [6.07, 6.45) is 1.35. The predicted octanol–water partition coefficient (Wildman–Crippen LogP) is 4.14. The van der Waals surface area contributed by atoms with Gasteiger partial charge in [0, 0.05) is 12.2 Å². The first-order valence-electron chi connectivity index (χ1n) is 11.7. The van der Waals surface area contributed by atoms with Crippen molar-refractivity contribution in [2.24, 2.45) is 0 Å². The van der Waals surface area contributed by atoms with E-state index in [2.05, 4.69) is 16.0 Å². The van der Waals surface area contributed by atoms with Crippen molar-refractivity contribution in [3.63, 3.8) is 0 Å². The monoisotopic (exact) mass is 480 g/mol. The van der Waals surface area contributed by atoms with E-state index in [0.717, 1.165) is 23.1 Å². The Morgan fingerprint density at radius 3 is 2.47 bits per heavy atom. The van der Waals surface area contributed by atoms with Crippen molar-refractivity contribution in [1.29, 1.82) is 10.7 Å². The highest BCUT2D eigenvalue weighted by Crippen LogP contribution is 2.24. The Hall–Kier alpha value is -4.64. The van der Waals surface area contributed by atoms with Gasteiger partial charge in [-0.15, -0.1) is 0 Å². The van der Waals surface area contributed by atoms with Gasteiger partial charge in [-0.1, -0.05) is 60.7 Å². The number of rotatable bonds is 8. The SMILES string of the molecule is C[C@]1(CCc2ccccc2)NC(=N)N(Cc2ccc(CNC(=O)Nc3cccc(C#N)c3)cc2)C1=O. The first-order valence-corrected chi connectivity index (χ1v) is 11.7. The van der Waals surface area contributed by atoms with Gasteiger partial charge in [-0.2, -0.15) is 5.26 Å². The van der Waals surface area contributed by atoms with E-state index in [-0.39, 0.29) is 17.9 Å². The maximum atomic E-state index is 13.1. The van der Waals surface area contributed by atoms with Crippen LogP contribution in [0.2, 0.25) is 0 Å².